The van der Waals surface area contributed by atoms with E-state index in [1.807, 2.05) is 4.90 Å². The Hall–Kier alpha value is -1.69. The van der Waals surface area contributed by atoms with Gasteiger partial charge in [0, 0.05) is 31.3 Å². The average molecular weight is 291 g/mol. The highest BCUT2D eigenvalue weighted by atomic mass is 32.1. The van der Waals surface area contributed by atoms with E-state index in [-0.39, 0.29) is 17.9 Å². The van der Waals surface area contributed by atoms with Crippen LogP contribution in [0.4, 0.5) is 0 Å². The third kappa shape index (κ3) is 2.14. The highest BCUT2D eigenvalue weighted by Crippen LogP contribution is 2.33. The second-order valence-electron chi connectivity index (χ2n) is 5.19. The molecule has 0 unspecified atom stereocenters. The van der Waals surface area contributed by atoms with Gasteiger partial charge in [-0.15, -0.1) is 11.3 Å². The number of hydrogen-bond donors (Lipinski definition) is 0. The lowest BCUT2D eigenvalue weighted by atomic mass is 10.00. The summed E-state index contributed by atoms with van der Waals surface area (Å²) in [5, 5.41) is 7.49. The summed E-state index contributed by atoms with van der Waals surface area (Å²) in [6.07, 6.45) is 1.72. The van der Waals surface area contributed by atoms with Crippen molar-refractivity contribution in [3.63, 3.8) is 0 Å². The molecule has 2 aliphatic rings. The van der Waals surface area contributed by atoms with Crippen molar-refractivity contribution in [3.05, 3.63) is 21.9 Å². The molecule has 1 aromatic heterocycles. The lowest BCUT2D eigenvalue weighted by molar-refractivity contribution is -0.131. The fraction of sp³-hybridized carbons (Fsp3) is 0.500. The number of rotatable bonds is 1. The van der Waals surface area contributed by atoms with E-state index in [9.17, 15) is 9.59 Å². The molecular weight excluding hydrogens is 274 g/mol. The summed E-state index contributed by atoms with van der Waals surface area (Å²) in [6.45, 7) is 2.78. The molecule has 0 aliphatic carbocycles. The Kier molecular flexibility index (Phi) is 3.33. The maximum Gasteiger partial charge on any atom is 0.270 e. The van der Waals surface area contributed by atoms with Gasteiger partial charge in [0.15, 0.2) is 0 Å². The fourth-order valence-corrected chi connectivity index (χ4v) is 3.74. The van der Waals surface area contributed by atoms with Crippen molar-refractivity contribution >= 4 is 28.9 Å². The molecule has 5 nitrogen and oxygen atoms in total. The minimum Gasteiger partial charge on any atom is -0.330 e. The van der Waals surface area contributed by atoms with E-state index in [1.165, 1.54) is 15.4 Å². The molecule has 1 aromatic rings. The van der Waals surface area contributed by atoms with Crippen molar-refractivity contribution in [2.24, 2.45) is 5.10 Å². The molecule has 1 atom stereocenters. The maximum absolute atomic E-state index is 12.6. The van der Waals surface area contributed by atoms with E-state index in [0.717, 1.165) is 13.0 Å². The average Bonchev–Trinajstić information content (AvgIpc) is 2.91. The first-order valence-electron chi connectivity index (χ1n) is 6.79. The number of hydrazone groups is 1. The van der Waals surface area contributed by atoms with Gasteiger partial charge in [0.2, 0.25) is 5.91 Å². The van der Waals surface area contributed by atoms with Gasteiger partial charge in [-0.3, -0.25) is 9.59 Å². The molecule has 0 saturated carbocycles. The zero-order valence-electron chi connectivity index (χ0n) is 11.6. The number of carbonyl (C=O) groups is 2. The highest BCUT2D eigenvalue weighted by molar-refractivity contribution is 7.10. The van der Waals surface area contributed by atoms with Crippen LogP contribution >= 0.6 is 11.3 Å². The summed E-state index contributed by atoms with van der Waals surface area (Å²) in [4.78, 5) is 27.3. The second-order valence-corrected chi connectivity index (χ2v) is 6.19. The maximum atomic E-state index is 12.6. The van der Waals surface area contributed by atoms with Gasteiger partial charge in [0.1, 0.15) is 5.71 Å². The molecule has 0 fully saturated rings. The molecule has 0 bridgehead atoms. The van der Waals surface area contributed by atoms with Crippen molar-refractivity contribution in [2.75, 3.05) is 13.6 Å². The minimum atomic E-state index is -0.0339. The fourth-order valence-electron chi connectivity index (χ4n) is 2.78. The zero-order chi connectivity index (χ0) is 14.3. The summed E-state index contributed by atoms with van der Waals surface area (Å²) >= 11 is 1.76. The van der Waals surface area contributed by atoms with Gasteiger partial charge in [-0.1, -0.05) is 0 Å². The number of nitrogens with zero attached hydrogens (tertiary/aromatic N) is 3. The molecular formula is C14H17N3O2S. The normalized spacial score (nSPS) is 22.6. The molecule has 106 valence electrons. The van der Waals surface area contributed by atoms with Gasteiger partial charge >= 0.3 is 0 Å². The largest absolute Gasteiger partial charge is 0.330 e. The number of hydrogen-bond acceptors (Lipinski definition) is 4. The van der Waals surface area contributed by atoms with Crippen LogP contribution < -0.4 is 0 Å². The van der Waals surface area contributed by atoms with Gasteiger partial charge in [-0.2, -0.15) is 5.10 Å². The quantitative estimate of drug-likeness (QED) is 0.792. The number of thiophene rings is 1. The smallest absolute Gasteiger partial charge is 0.270 e. The third-order valence-corrected chi connectivity index (χ3v) is 4.99. The molecule has 2 amide bonds. The summed E-state index contributed by atoms with van der Waals surface area (Å²) in [6, 6.07) is 2.19. The Morgan fingerprint density at radius 2 is 2.20 bits per heavy atom. The first-order valence-corrected chi connectivity index (χ1v) is 7.67. The molecule has 0 aromatic carbocycles. The molecule has 3 rings (SSSR count). The van der Waals surface area contributed by atoms with E-state index in [2.05, 4.69) is 23.5 Å². The molecule has 20 heavy (non-hydrogen) atoms. The Morgan fingerprint density at radius 1 is 1.40 bits per heavy atom. The highest BCUT2D eigenvalue weighted by Gasteiger charge is 2.32. The van der Waals surface area contributed by atoms with Crippen molar-refractivity contribution < 1.29 is 9.59 Å². The molecule has 0 radical (unpaired) electrons. The van der Waals surface area contributed by atoms with Crippen molar-refractivity contribution in [1.82, 2.24) is 9.91 Å². The minimum absolute atomic E-state index is 0.0336. The van der Waals surface area contributed by atoms with Crippen LogP contribution in [0.1, 0.15) is 36.2 Å². The Labute approximate surface area is 121 Å². The molecule has 2 aliphatic heterocycles. The van der Waals surface area contributed by atoms with Gasteiger partial charge in [0.25, 0.3) is 5.91 Å². The number of fused-ring (bicyclic) bond motifs is 1. The van der Waals surface area contributed by atoms with Gasteiger partial charge in [-0.05, 0) is 30.4 Å². The monoisotopic (exact) mass is 291 g/mol. The summed E-state index contributed by atoms with van der Waals surface area (Å²) in [7, 11) is 1.60. The predicted octanol–water partition coefficient (Wildman–Crippen LogP) is 1.80. The van der Waals surface area contributed by atoms with E-state index < -0.39 is 0 Å². The van der Waals surface area contributed by atoms with E-state index in [4.69, 9.17) is 0 Å². The van der Waals surface area contributed by atoms with Gasteiger partial charge < -0.3 is 4.90 Å². The Bertz CT molecular complexity index is 593. The SMILES string of the molecule is C[C@H]1c2ccsc2CCN1C(=O)C1=NN(C)C(=O)CC1. The molecule has 6 heteroatoms. The zero-order valence-corrected chi connectivity index (χ0v) is 12.4. The van der Waals surface area contributed by atoms with Gasteiger partial charge in [-0.25, -0.2) is 5.01 Å². The van der Waals surface area contributed by atoms with Crippen LogP contribution in [0.25, 0.3) is 0 Å². The van der Waals surface area contributed by atoms with Crippen LogP contribution in [0.3, 0.4) is 0 Å². The van der Waals surface area contributed by atoms with Crippen LogP contribution in [0.15, 0.2) is 16.5 Å². The first kappa shape index (κ1) is 13.3. The molecule has 0 N–H and O–H groups in total. The molecule has 0 spiro atoms. The Balaban J connectivity index is 1.82. The van der Waals surface area contributed by atoms with Crippen LogP contribution in [0.5, 0.6) is 0 Å². The standard InChI is InChI=1S/C14H17N3O2S/c1-9-10-6-8-20-12(10)5-7-17(9)14(19)11-3-4-13(18)16(2)15-11/h6,8-9H,3-5,7H2,1-2H3/t9-/m0/s1. The molecule has 0 saturated heterocycles. The predicted molar refractivity (Wildman–Crippen MR) is 77.6 cm³/mol. The van der Waals surface area contributed by atoms with E-state index in [0.29, 0.717) is 18.6 Å². The van der Waals surface area contributed by atoms with Gasteiger partial charge in [0.05, 0.1) is 6.04 Å². The molecule has 3 heterocycles. The number of carbonyl (C=O) groups excluding carboxylic acids is 2. The van der Waals surface area contributed by atoms with Crippen molar-refractivity contribution in [1.29, 1.82) is 0 Å². The lowest BCUT2D eigenvalue weighted by Crippen LogP contribution is -2.44. The van der Waals surface area contributed by atoms with E-state index in [1.54, 1.807) is 18.4 Å². The van der Waals surface area contributed by atoms with Crippen molar-refractivity contribution in [3.8, 4) is 0 Å². The topological polar surface area (TPSA) is 53.0 Å². The number of amides is 2. The van der Waals surface area contributed by atoms with Crippen LogP contribution in [0.2, 0.25) is 0 Å². The summed E-state index contributed by atoms with van der Waals surface area (Å²) < 4.78 is 0. The van der Waals surface area contributed by atoms with Crippen LogP contribution in [0, 0.1) is 0 Å². The van der Waals surface area contributed by atoms with Crippen molar-refractivity contribution in [2.45, 2.75) is 32.2 Å². The summed E-state index contributed by atoms with van der Waals surface area (Å²) in [5.74, 6) is -0.0675. The van der Waals surface area contributed by atoms with E-state index >= 15 is 0 Å². The second kappa shape index (κ2) is 5.01. The first-order chi connectivity index (χ1) is 9.58. The lowest BCUT2D eigenvalue weighted by Gasteiger charge is -2.34. The Morgan fingerprint density at radius 3 is 2.95 bits per heavy atom. The third-order valence-electron chi connectivity index (χ3n) is 3.99. The summed E-state index contributed by atoms with van der Waals surface area (Å²) in [5.41, 5.74) is 1.74. The van der Waals surface area contributed by atoms with Crippen LogP contribution in [-0.4, -0.2) is 41.0 Å². The van der Waals surface area contributed by atoms with Crippen LogP contribution in [-0.2, 0) is 16.0 Å².